The molecule has 1 saturated heterocycles. The van der Waals surface area contributed by atoms with Gasteiger partial charge in [0.25, 0.3) is 0 Å². The van der Waals surface area contributed by atoms with Crippen LogP contribution in [0.3, 0.4) is 0 Å². The Balaban J connectivity index is 1.95. The highest BCUT2D eigenvalue weighted by Crippen LogP contribution is 2.26. The Hall–Kier alpha value is -0.880. The van der Waals surface area contributed by atoms with Gasteiger partial charge in [-0.05, 0) is 22.4 Å². The molecule has 82 valence electrons. The predicted molar refractivity (Wildman–Crippen MR) is 58.6 cm³/mol. The number of rotatable bonds is 3. The number of ether oxygens (including phenoxy) is 2. The quantitative estimate of drug-likeness (QED) is 0.897. The van der Waals surface area contributed by atoms with E-state index in [1.165, 1.54) is 6.33 Å². The fraction of sp³-hybridized carbons (Fsp3) is 0.556. The zero-order valence-corrected chi connectivity index (χ0v) is 9.74. The van der Waals surface area contributed by atoms with Crippen LogP contribution in [-0.4, -0.2) is 29.8 Å². The number of aromatic nitrogens is 2. The van der Waals surface area contributed by atoms with E-state index in [0.29, 0.717) is 28.7 Å². The van der Waals surface area contributed by atoms with Gasteiger partial charge in [-0.3, -0.25) is 0 Å². The van der Waals surface area contributed by atoms with Gasteiger partial charge in [0.2, 0.25) is 5.88 Å². The maximum atomic E-state index is 5.60. The largest absolute Gasteiger partial charge is 0.476 e. The number of hydrogen-bond acceptors (Lipinski definition) is 5. The van der Waals surface area contributed by atoms with Gasteiger partial charge in [-0.1, -0.05) is 0 Å². The Morgan fingerprint density at radius 3 is 3.20 bits per heavy atom. The standard InChI is InChI=1S/C9H12BrN3O2/c10-7-8(11)12-5-13-9(7)15-4-6-1-2-14-3-6/h5-6H,1-4H2,(H2,11,12,13). The zero-order chi connectivity index (χ0) is 10.7. The van der Waals surface area contributed by atoms with Gasteiger partial charge in [0.1, 0.15) is 16.6 Å². The van der Waals surface area contributed by atoms with Gasteiger partial charge in [-0.15, -0.1) is 0 Å². The van der Waals surface area contributed by atoms with Crippen LogP contribution in [0.1, 0.15) is 6.42 Å². The third kappa shape index (κ3) is 2.57. The fourth-order valence-electron chi connectivity index (χ4n) is 1.38. The predicted octanol–water partition coefficient (Wildman–Crippen LogP) is 1.24. The van der Waals surface area contributed by atoms with E-state index in [1.54, 1.807) is 0 Å². The number of hydrogen-bond donors (Lipinski definition) is 1. The van der Waals surface area contributed by atoms with Gasteiger partial charge in [0.15, 0.2) is 0 Å². The van der Waals surface area contributed by atoms with E-state index in [0.717, 1.165) is 19.6 Å². The Morgan fingerprint density at radius 1 is 1.60 bits per heavy atom. The normalized spacial score (nSPS) is 20.5. The average molecular weight is 274 g/mol. The van der Waals surface area contributed by atoms with Gasteiger partial charge in [-0.2, -0.15) is 0 Å². The second kappa shape index (κ2) is 4.76. The Morgan fingerprint density at radius 2 is 2.47 bits per heavy atom. The number of anilines is 1. The SMILES string of the molecule is Nc1ncnc(OCC2CCOC2)c1Br. The summed E-state index contributed by atoms with van der Waals surface area (Å²) in [7, 11) is 0. The second-order valence-corrected chi connectivity index (χ2v) is 4.21. The maximum Gasteiger partial charge on any atom is 0.233 e. The van der Waals surface area contributed by atoms with E-state index >= 15 is 0 Å². The van der Waals surface area contributed by atoms with Crippen LogP contribution in [0.5, 0.6) is 5.88 Å². The van der Waals surface area contributed by atoms with Crippen LogP contribution < -0.4 is 10.5 Å². The molecular formula is C9H12BrN3O2. The van der Waals surface area contributed by atoms with Gasteiger partial charge in [-0.25, -0.2) is 9.97 Å². The summed E-state index contributed by atoms with van der Waals surface area (Å²) in [6.45, 7) is 2.19. The number of halogens is 1. The van der Waals surface area contributed by atoms with Crippen LogP contribution >= 0.6 is 15.9 Å². The molecule has 1 atom stereocenters. The highest BCUT2D eigenvalue weighted by Gasteiger charge is 2.17. The van der Waals surface area contributed by atoms with E-state index in [4.69, 9.17) is 15.2 Å². The van der Waals surface area contributed by atoms with Crippen molar-refractivity contribution < 1.29 is 9.47 Å². The molecule has 0 spiro atoms. The van der Waals surface area contributed by atoms with Crippen LogP contribution in [0.15, 0.2) is 10.8 Å². The van der Waals surface area contributed by atoms with Gasteiger partial charge in [0, 0.05) is 12.5 Å². The van der Waals surface area contributed by atoms with Crippen molar-refractivity contribution in [3.63, 3.8) is 0 Å². The zero-order valence-electron chi connectivity index (χ0n) is 8.15. The van der Waals surface area contributed by atoms with Crippen molar-refractivity contribution in [3.05, 3.63) is 10.8 Å². The monoisotopic (exact) mass is 273 g/mol. The summed E-state index contributed by atoms with van der Waals surface area (Å²) in [4.78, 5) is 7.83. The van der Waals surface area contributed by atoms with E-state index < -0.39 is 0 Å². The molecule has 2 N–H and O–H groups in total. The lowest BCUT2D eigenvalue weighted by Gasteiger charge is -2.10. The lowest BCUT2D eigenvalue weighted by Crippen LogP contribution is -2.13. The van der Waals surface area contributed by atoms with Crippen LogP contribution in [0.25, 0.3) is 0 Å². The number of nitrogen functional groups attached to an aromatic ring is 1. The Labute approximate surface area is 96.1 Å². The van der Waals surface area contributed by atoms with Crippen LogP contribution in [-0.2, 0) is 4.74 Å². The molecule has 0 saturated carbocycles. The van der Waals surface area contributed by atoms with Crippen LogP contribution in [0.2, 0.25) is 0 Å². The van der Waals surface area contributed by atoms with E-state index in [1.807, 2.05) is 0 Å². The molecule has 1 aliphatic heterocycles. The first-order valence-corrected chi connectivity index (χ1v) is 5.53. The lowest BCUT2D eigenvalue weighted by atomic mass is 10.1. The number of nitrogens with two attached hydrogens (primary N) is 1. The van der Waals surface area contributed by atoms with Gasteiger partial charge in [0.05, 0.1) is 13.2 Å². The molecule has 5 nitrogen and oxygen atoms in total. The topological polar surface area (TPSA) is 70.3 Å². The van der Waals surface area contributed by atoms with Gasteiger partial charge < -0.3 is 15.2 Å². The van der Waals surface area contributed by atoms with E-state index in [9.17, 15) is 0 Å². The molecule has 1 fully saturated rings. The highest BCUT2D eigenvalue weighted by molar-refractivity contribution is 9.10. The summed E-state index contributed by atoms with van der Waals surface area (Å²) >= 11 is 3.28. The van der Waals surface area contributed by atoms with E-state index in [2.05, 4.69) is 25.9 Å². The molecule has 2 heterocycles. The summed E-state index contributed by atoms with van der Waals surface area (Å²) in [6, 6.07) is 0. The summed E-state index contributed by atoms with van der Waals surface area (Å²) in [5, 5.41) is 0. The molecule has 1 aliphatic rings. The maximum absolute atomic E-state index is 5.60. The molecular weight excluding hydrogens is 262 g/mol. The fourth-order valence-corrected chi connectivity index (χ4v) is 1.70. The highest BCUT2D eigenvalue weighted by atomic mass is 79.9. The average Bonchev–Trinajstić information content (AvgIpc) is 2.73. The molecule has 0 aliphatic carbocycles. The molecule has 15 heavy (non-hydrogen) atoms. The summed E-state index contributed by atoms with van der Waals surface area (Å²) in [5.74, 6) is 1.34. The minimum atomic E-state index is 0.391. The van der Waals surface area contributed by atoms with E-state index in [-0.39, 0.29) is 0 Å². The lowest BCUT2D eigenvalue weighted by molar-refractivity contribution is 0.165. The summed E-state index contributed by atoms with van der Waals surface area (Å²) in [5.41, 5.74) is 5.60. The molecule has 1 aromatic rings. The molecule has 0 bridgehead atoms. The first kappa shape index (κ1) is 10.6. The summed E-state index contributed by atoms with van der Waals surface area (Å²) in [6.07, 6.45) is 2.43. The molecule has 0 amide bonds. The van der Waals surface area contributed by atoms with Crippen molar-refractivity contribution in [3.8, 4) is 5.88 Å². The molecule has 6 heteroatoms. The van der Waals surface area contributed by atoms with Gasteiger partial charge >= 0.3 is 0 Å². The third-order valence-electron chi connectivity index (χ3n) is 2.26. The first-order chi connectivity index (χ1) is 7.27. The summed E-state index contributed by atoms with van der Waals surface area (Å²) < 4.78 is 11.4. The Kier molecular flexibility index (Phi) is 3.37. The molecule has 2 rings (SSSR count). The van der Waals surface area contributed by atoms with Crippen molar-refractivity contribution in [2.24, 2.45) is 5.92 Å². The number of nitrogens with zero attached hydrogens (tertiary/aromatic N) is 2. The van der Waals surface area contributed by atoms with Crippen molar-refractivity contribution in [1.82, 2.24) is 9.97 Å². The first-order valence-electron chi connectivity index (χ1n) is 4.74. The molecule has 1 aromatic heterocycles. The molecule has 0 aromatic carbocycles. The van der Waals surface area contributed by atoms with Crippen LogP contribution in [0.4, 0.5) is 5.82 Å². The molecule has 1 unspecified atom stereocenters. The van der Waals surface area contributed by atoms with Crippen molar-refractivity contribution in [1.29, 1.82) is 0 Å². The van der Waals surface area contributed by atoms with Crippen LogP contribution in [0, 0.1) is 5.92 Å². The Bertz CT molecular complexity index is 342. The minimum Gasteiger partial charge on any atom is -0.476 e. The smallest absolute Gasteiger partial charge is 0.233 e. The minimum absolute atomic E-state index is 0.391. The van der Waals surface area contributed by atoms with Crippen molar-refractivity contribution in [2.45, 2.75) is 6.42 Å². The third-order valence-corrected chi connectivity index (χ3v) is 3.01. The van der Waals surface area contributed by atoms with Crippen molar-refractivity contribution in [2.75, 3.05) is 25.6 Å². The second-order valence-electron chi connectivity index (χ2n) is 3.42. The molecule has 0 radical (unpaired) electrons. The van der Waals surface area contributed by atoms with Crippen molar-refractivity contribution >= 4 is 21.7 Å².